The van der Waals surface area contributed by atoms with Gasteiger partial charge in [0.2, 0.25) is 0 Å². The van der Waals surface area contributed by atoms with E-state index in [1.54, 1.807) is 46.0 Å². The van der Waals surface area contributed by atoms with Crippen LogP contribution in [0.25, 0.3) is 28.2 Å². The molecular weight excluding hydrogens is 583 g/mol. The summed E-state index contributed by atoms with van der Waals surface area (Å²) < 4.78 is 19.1. The number of methoxy groups -OCH3 is 1. The van der Waals surface area contributed by atoms with Crippen LogP contribution in [-0.2, 0) is 11.3 Å². The molecule has 2 aliphatic heterocycles. The van der Waals surface area contributed by atoms with Crippen LogP contribution in [0.3, 0.4) is 0 Å². The predicted octanol–water partition coefficient (Wildman–Crippen LogP) is 5.76. The van der Waals surface area contributed by atoms with Crippen molar-refractivity contribution < 1.29 is 28.9 Å². The quantitative estimate of drug-likeness (QED) is 0.304. The molecule has 10 nitrogen and oxygen atoms in total. The molecular formula is C30H26Cl2N4O6. The maximum Gasteiger partial charge on any atom is 0.337 e. The molecule has 4 aromatic rings. The molecule has 0 atom stereocenters. The lowest BCUT2D eigenvalue weighted by Gasteiger charge is -2.41. The third-order valence-electron chi connectivity index (χ3n) is 7.39. The lowest BCUT2D eigenvalue weighted by Crippen LogP contribution is -2.55. The fourth-order valence-electron chi connectivity index (χ4n) is 5.41. The van der Waals surface area contributed by atoms with Crippen molar-refractivity contribution in [2.45, 2.75) is 26.0 Å². The number of halogens is 2. The lowest BCUT2D eigenvalue weighted by atomic mass is 9.95. The Labute approximate surface area is 251 Å². The van der Waals surface area contributed by atoms with Crippen LogP contribution in [0.15, 0.2) is 48.7 Å². The zero-order chi connectivity index (χ0) is 29.8. The number of amides is 1. The van der Waals surface area contributed by atoms with Crippen molar-refractivity contribution in [1.29, 1.82) is 0 Å². The summed E-state index contributed by atoms with van der Waals surface area (Å²) in [5.41, 5.74) is 2.60. The van der Waals surface area contributed by atoms with Crippen molar-refractivity contribution in [3.05, 3.63) is 75.5 Å². The number of fused-ring (bicyclic) bond motifs is 3. The zero-order valence-corrected chi connectivity index (χ0v) is 24.5. The number of hydrogen-bond donors (Lipinski definition) is 1. The molecule has 1 amide bonds. The molecule has 0 unspecified atom stereocenters. The molecule has 6 rings (SSSR count). The first-order valence-corrected chi connectivity index (χ1v) is 13.9. The summed E-state index contributed by atoms with van der Waals surface area (Å²) in [7, 11) is 1.49. The van der Waals surface area contributed by atoms with Crippen molar-refractivity contribution in [2.24, 2.45) is 0 Å². The average Bonchev–Trinajstić information content (AvgIpc) is 3.35. The van der Waals surface area contributed by atoms with Gasteiger partial charge in [0.1, 0.15) is 18.1 Å². The molecule has 2 aliphatic rings. The summed E-state index contributed by atoms with van der Waals surface area (Å²) >= 11 is 12.8. The van der Waals surface area contributed by atoms with Crippen LogP contribution < -0.4 is 9.47 Å². The van der Waals surface area contributed by atoms with E-state index in [1.165, 1.54) is 19.4 Å². The minimum Gasteiger partial charge on any atom is -0.496 e. The van der Waals surface area contributed by atoms with Crippen LogP contribution >= 0.6 is 23.2 Å². The molecule has 2 aromatic carbocycles. The smallest absolute Gasteiger partial charge is 0.337 e. The Kier molecular flexibility index (Phi) is 7.08. The highest BCUT2D eigenvalue weighted by molar-refractivity contribution is 6.34. The fraction of sp³-hybridized carbons (Fsp3) is 0.267. The molecule has 0 aliphatic carbocycles. The Balaban J connectivity index is 1.61. The maximum absolute atomic E-state index is 14.1. The normalized spacial score (nSPS) is 15.4. The highest BCUT2D eigenvalue weighted by Gasteiger charge is 2.39. The van der Waals surface area contributed by atoms with Crippen LogP contribution in [0.1, 0.15) is 40.3 Å². The number of carboxylic acid groups (broad SMARTS) is 1. The third-order valence-corrected chi connectivity index (χ3v) is 7.83. The van der Waals surface area contributed by atoms with Gasteiger partial charge >= 0.3 is 5.97 Å². The third kappa shape index (κ3) is 4.75. The number of carboxylic acids is 1. The number of rotatable bonds is 5. The van der Waals surface area contributed by atoms with E-state index in [0.29, 0.717) is 69.4 Å². The summed E-state index contributed by atoms with van der Waals surface area (Å²) in [6, 6.07) is 11.5. The number of pyridine rings is 1. The van der Waals surface area contributed by atoms with Gasteiger partial charge in [-0.15, -0.1) is 0 Å². The molecule has 12 heteroatoms. The van der Waals surface area contributed by atoms with Gasteiger partial charge in [0, 0.05) is 45.5 Å². The van der Waals surface area contributed by atoms with E-state index in [1.807, 2.05) is 13.8 Å². The molecule has 1 fully saturated rings. The lowest BCUT2D eigenvalue weighted by molar-refractivity contribution is -0.0374. The molecule has 2 aromatic heterocycles. The first-order valence-electron chi connectivity index (χ1n) is 13.1. The first-order chi connectivity index (χ1) is 20.1. The summed E-state index contributed by atoms with van der Waals surface area (Å²) in [5, 5.41) is 15.5. The second-order valence-corrected chi connectivity index (χ2v) is 11.5. The molecule has 1 N–H and O–H groups in total. The maximum atomic E-state index is 14.1. The topological polar surface area (TPSA) is 116 Å². The minimum atomic E-state index is -1.13. The van der Waals surface area contributed by atoms with Crippen molar-refractivity contribution in [2.75, 3.05) is 26.9 Å². The number of benzene rings is 2. The van der Waals surface area contributed by atoms with E-state index >= 15 is 0 Å². The van der Waals surface area contributed by atoms with E-state index in [-0.39, 0.29) is 29.5 Å². The monoisotopic (exact) mass is 608 g/mol. The highest BCUT2D eigenvalue weighted by atomic mass is 35.5. The molecule has 216 valence electrons. The van der Waals surface area contributed by atoms with Crippen LogP contribution in [-0.4, -0.2) is 69.1 Å². The molecule has 0 bridgehead atoms. The van der Waals surface area contributed by atoms with Crippen LogP contribution in [0.4, 0.5) is 0 Å². The predicted molar refractivity (Wildman–Crippen MR) is 156 cm³/mol. The molecule has 42 heavy (non-hydrogen) atoms. The second kappa shape index (κ2) is 10.6. The Morgan fingerprint density at radius 2 is 1.86 bits per heavy atom. The number of aromatic nitrogens is 3. The van der Waals surface area contributed by atoms with Crippen molar-refractivity contribution in [3.63, 3.8) is 0 Å². The molecule has 0 radical (unpaired) electrons. The van der Waals surface area contributed by atoms with Gasteiger partial charge in [0.05, 0.1) is 48.5 Å². The van der Waals surface area contributed by atoms with Gasteiger partial charge in [-0.1, -0.05) is 23.2 Å². The number of morpholine rings is 1. The second-order valence-electron chi connectivity index (χ2n) is 10.6. The van der Waals surface area contributed by atoms with Gasteiger partial charge in [-0.3, -0.25) is 9.78 Å². The van der Waals surface area contributed by atoms with Gasteiger partial charge in [-0.2, -0.15) is 5.10 Å². The van der Waals surface area contributed by atoms with Gasteiger partial charge in [-0.05, 0) is 50.2 Å². The molecule has 1 saturated heterocycles. The van der Waals surface area contributed by atoms with Crippen LogP contribution in [0, 0.1) is 0 Å². The summed E-state index contributed by atoms with van der Waals surface area (Å²) in [5.74, 6) is -0.544. The number of aromatic carboxylic acids is 1. The number of ether oxygens (including phenoxy) is 3. The van der Waals surface area contributed by atoms with Crippen molar-refractivity contribution >= 4 is 35.1 Å². The van der Waals surface area contributed by atoms with Crippen molar-refractivity contribution in [3.8, 4) is 39.7 Å². The van der Waals surface area contributed by atoms with E-state index in [9.17, 15) is 14.7 Å². The van der Waals surface area contributed by atoms with Crippen molar-refractivity contribution in [1.82, 2.24) is 19.7 Å². The van der Waals surface area contributed by atoms with Crippen LogP contribution in [0.2, 0.25) is 10.0 Å². The average molecular weight is 609 g/mol. The molecule has 0 saturated carbocycles. The van der Waals surface area contributed by atoms with E-state index < -0.39 is 11.5 Å². The van der Waals surface area contributed by atoms with E-state index in [4.69, 9.17) is 42.5 Å². The largest absolute Gasteiger partial charge is 0.496 e. The number of carbonyl (C=O) groups excluding carboxylic acids is 1. The summed E-state index contributed by atoms with van der Waals surface area (Å²) in [6.45, 7) is 5.18. The van der Waals surface area contributed by atoms with E-state index in [0.717, 1.165) is 0 Å². The summed E-state index contributed by atoms with van der Waals surface area (Å²) in [6.07, 6.45) is 1.52. The van der Waals surface area contributed by atoms with Gasteiger partial charge in [-0.25, -0.2) is 9.48 Å². The Morgan fingerprint density at radius 1 is 1.10 bits per heavy atom. The van der Waals surface area contributed by atoms with Gasteiger partial charge in [0.25, 0.3) is 5.91 Å². The molecule has 4 heterocycles. The first kappa shape index (κ1) is 28.0. The SMILES string of the molecule is COc1cc2c(cc1-c1ncccc1C(=O)O)-c1c(c(C(=O)N3CCOCC3(C)C)nn1-c1cc(Cl)cc(Cl)c1)CO2. The Hall–Kier alpha value is -4.12. The van der Waals surface area contributed by atoms with Gasteiger partial charge < -0.3 is 24.2 Å². The number of carbonyl (C=O) groups is 2. The number of hydrogen-bond acceptors (Lipinski definition) is 7. The number of nitrogens with zero attached hydrogens (tertiary/aromatic N) is 4. The van der Waals surface area contributed by atoms with E-state index in [2.05, 4.69) is 4.98 Å². The minimum absolute atomic E-state index is 0.00764. The standard InChI is InChI=1S/C30H26Cl2N4O6/c1-30(2)15-41-8-7-35(30)28(37)26-22-14-42-24-13-23(40-3)20(25-19(29(38)39)5-4-6-33-25)12-21(24)27(22)36(34-26)18-10-16(31)9-17(32)11-18/h4-6,9-13H,7-8,14-15H2,1-3H3,(H,38,39). The molecule has 0 spiro atoms. The van der Waals surface area contributed by atoms with Gasteiger partial charge in [0.15, 0.2) is 5.69 Å². The Morgan fingerprint density at radius 3 is 2.55 bits per heavy atom. The fourth-order valence-corrected chi connectivity index (χ4v) is 5.92. The Bertz CT molecular complexity index is 1730. The summed E-state index contributed by atoms with van der Waals surface area (Å²) in [4.78, 5) is 32.3. The zero-order valence-electron chi connectivity index (χ0n) is 23.0. The van der Waals surface area contributed by atoms with Crippen LogP contribution in [0.5, 0.6) is 11.5 Å². The highest BCUT2D eigenvalue weighted by Crippen LogP contribution is 2.46.